The van der Waals surface area contributed by atoms with E-state index in [9.17, 15) is 0 Å². The average molecular weight is 224 g/mol. The molecule has 2 unspecified atom stereocenters. The Morgan fingerprint density at radius 1 is 1.12 bits per heavy atom. The van der Waals surface area contributed by atoms with E-state index in [1.54, 1.807) is 0 Å². The van der Waals surface area contributed by atoms with Crippen LogP contribution in [0.5, 0.6) is 0 Å². The molecule has 1 saturated carbocycles. The third kappa shape index (κ3) is 2.78. The van der Waals surface area contributed by atoms with Gasteiger partial charge in [0.2, 0.25) is 0 Å². The fraction of sp³-hybridized carbons (Fsp3) is 1.00. The molecule has 1 aliphatic carbocycles. The van der Waals surface area contributed by atoms with E-state index in [0.717, 1.165) is 30.5 Å². The maximum atomic E-state index is 3.65. The Balaban J connectivity index is 1.86. The first-order valence-corrected chi connectivity index (χ1v) is 7.20. The van der Waals surface area contributed by atoms with Crippen LogP contribution >= 0.6 is 0 Å². The van der Waals surface area contributed by atoms with Gasteiger partial charge in [0, 0.05) is 25.2 Å². The van der Waals surface area contributed by atoms with Gasteiger partial charge in [0.05, 0.1) is 0 Å². The highest BCUT2D eigenvalue weighted by Gasteiger charge is 2.35. The van der Waals surface area contributed by atoms with Crippen molar-refractivity contribution in [3.63, 3.8) is 0 Å². The second-order valence-corrected chi connectivity index (χ2v) is 5.95. The smallest absolute Gasteiger partial charge is 0.0198 e. The van der Waals surface area contributed by atoms with E-state index < -0.39 is 0 Å². The van der Waals surface area contributed by atoms with Crippen LogP contribution in [-0.2, 0) is 0 Å². The molecule has 94 valence electrons. The van der Waals surface area contributed by atoms with Crippen molar-refractivity contribution < 1.29 is 0 Å². The zero-order valence-corrected chi connectivity index (χ0v) is 11.2. The van der Waals surface area contributed by atoms with Crippen molar-refractivity contribution in [1.82, 2.24) is 10.2 Å². The molecule has 2 heteroatoms. The van der Waals surface area contributed by atoms with Crippen molar-refractivity contribution in [2.45, 2.75) is 58.5 Å². The van der Waals surface area contributed by atoms with E-state index in [0.29, 0.717) is 0 Å². The molecule has 0 spiro atoms. The minimum Gasteiger partial charge on any atom is -0.313 e. The molecule has 0 radical (unpaired) electrons. The Bertz CT molecular complexity index is 211. The molecule has 1 saturated heterocycles. The molecule has 16 heavy (non-hydrogen) atoms. The predicted molar refractivity (Wildman–Crippen MR) is 69.6 cm³/mol. The summed E-state index contributed by atoms with van der Waals surface area (Å²) in [7, 11) is 0. The van der Waals surface area contributed by atoms with Gasteiger partial charge in [-0.15, -0.1) is 0 Å². The molecule has 1 heterocycles. The van der Waals surface area contributed by atoms with Crippen molar-refractivity contribution in [2.75, 3.05) is 19.6 Å². The van der Waals surface area contributed by atoms with Gasteiger partial charge >= 0.3 is 0 Å². The molecule has 0 bridgehead atoms. The lowest BCUT2D eigenvalue weighted by Crippen LogP contribution is -2.55. The van der Waals surface area contributed by atoms with Crippen LogP contribution in [0.1, 0.15) is 46.5 Å². The fourth-order valence-corrected chi connectivity index (χ4v) is 3.43. The van der Waals surface area contributed by atoms with Gasteiger partial charge in [-0.05, 0) is 37.6 Å². The summed E-state index contributed by atoms with van der Waals surface area (Å²) in [6.07, 6.45) is 5.62. The Kier molecular flexibility index (Phi) is 4.26. The first-order chi connectivity index (χ1) is 7.72. The summed E-state index contributed by atoms with van der Waals surface area (Å²) >= 11 is 0. The van der Waals surface area contributed by atoms with E-state index in [-0.39, 0.29) is 0 Å². The van der Waals surface area contributed by atoms with Crippen LogP contribution in [0, 0.1) is 11.8 Å². The zero-order valence-electron chi connectivity index (χ0n) is 11.2. The Morgan fingerprint density at radius 2 is 1.88 bits per heavy atom. The summed E-state index contributed by atoms with van der Waals surface area (Å²) in [6.45, 7) is 10.7. The quantitative estimate of drug-likeness (QED) is 0.789. The molecule has 2 atom stereocenters. The molecule has 0 aromatic carbocycles. The molecule has 2 nitrogen and oxygen atoms in total. The Morgan fingerprint density at radius 3 is 2.44 bits per heavy atom. The summed E-state index contributed by atoms with van der Waals surface area (Å²) in [5.41, 5.74) is 0. The number of hydrogen-bond donors (Lipinski definition) is 1. The Hall–Kier alpha value is -0.0800. The number of hydrogen-bond acceptors (Lipinski definition) is 2. The molecule has 2 rings (SSSR count). The SMILES string of the molecule is CCNC1CC(CC)CN(C2CC(C)C2)C1. The van der Waals surface area contributed by atoms with E-state index in [1.807, 2.05) is 0 Å². The number of likely N-dealkylation sites (N-methyl/N-ethyl adjacent to an activating group) is 1. The van der Waals surface area contributed by atoms with Gasteiger partial charge in [-0.25, -0.2) is 0 Å². The molecule has 0 amide bonds. The summed E-state index contributed by atoms with van der Waals surface area (Å²) in [5, 5.41) is 3.65. The van der Waals surface area contributed by atoms with Crippen LogP contribution in [0.15, 0.2) is 0 Å². The summed E-state index contributed by atoms with van der Waals surface area (Å²) in [5.74, 6) is 1.90. The number of nitrogens with zero attached hydrogens (tertiary/aromatic N) is 1. The van der Waals surface area contributed by atoms with Crippen LogP contribution in [0.3, 0.4) is 0 Å². The van der Waals surface area contributed by atoms with Gasteiger partial charge in [-0.1, -0.05) is 27.2 Å². The molecule has 0 aromatic heterocycles. The largest absolute Gasteiger partial charge is 0.313 e. The fourth-order valence-electron chi connectivity index (χ4n) is 3.43. The second kappa shape index (κ2) is 5.50. The second-order valence-electron chi connectivity index (χ2n) is 5.95. The van der Waals surface area contributed by atoms with Gasteiger partial charge in [-0.3, -0.25) is 4.90 Å². The van der Waals surface area contributed by atoms with Crippen molar-refractivity contribution in [1.29, 1.82) is 0 Å². The lowest BCUT2D eigenvalue weighted by molar-refractivity contribution is 0.0334. The third-order valence-electron chi connectivity index (χ3n) is 4.50. The highest BCUT2D eigenvalue weighted by atomic mass is 15.2. The molecule has 0 aromatic rings. The first kappa shape index (κ1) is 12.4. The minimum absolute atomic E-state index is 0.750. The highest BCUT2D eigenvalue weighted by Crippen LogP contribution is 2.34. The van der Waals surface area contributed by atoms with Crippen LogP contribution in [-0.4, -0.2) is 36.6 Å². The van der Waals surface area contributed by atoms with Crippen molar-refractivity contribution in [2.24, 2.45) is 11.8 Å². The summed E-state index contributed by atoms with van der Waals surface area (Å²) in [4.78, 5) is 2.77. The van der Waals surface area contributed by atoms with Crippen molar-refractivity contribution >= 4 is 0 Å². The monoisotopic (exact) mass is 224 g/mol. The van der Waals surface area contributed by atoms with Crippen molar-refractivity contribution in [3.8, 4) is 0 Å². The molecule has 1 aliphatic heterocycles. The number of nitrogens with one attached hydrogen (secondary N) is 1. The van der Waals surface area contributed by atoms with E-state index in [4.69, 9.17) is 0 Å². The highest BCUT2D eigenvalue weighted by molar-refractivity contribution is 4.91. The van der Waals surface area contributed by atoms with Gasteiger partial charge < -0.3 is 5.32 Å². The van der Waals surface area contributed by atoms with E-state index >= 15 is 0 Å². The van der Waals surface area contributed by atoms with E-state index in [2.05, 4.69) is 31.0 Å². The van der Waals surface area contributed by atoms with Gasteiger partial charge in [0.15, 0.2) is 0 Å². The lowest BCUT2D eigenvalue weighted by Gasteiger charge is -2.47. The zero-order chi connectivity index (χ0) is 11.5. The topological polar surface area (TPSA) is 15.3 Å². The molecule has 2 aliphatic rings. The van der Waals surface area contributed by atoms with Gasteiger partial charge in [0.25, 0.3) is 0 Å². The average Bonchev–Trinajstić information content (AvgIpc) is 2.25. The molecule has 2 fully saturated rings. The number of rotatable bonds is 4. The van der Waals surface area contributed by atoms with Gasteiger partial charge in [-0.2, -0.15) is 0 Å². The molecular weight excluding hydrogens is 196 g/mol. The predicted octanol–water partition coefficient (Wildman–Crippen LogP) is 2.49. The van der Waals surface area contributed by atoms with Crippen LogP contribution in [0.4, 0.5) is 0 Å². The maximum Gasteiger partial charge on any atom is 0.0198 e. The molecule has 1 N–H and O–H groups in total. The standard InChI is InChI=1S/C14H28N2/c1-4-12-8-13(15-5-2)10-16(9-12)14-6-11(3)7-14/h11-15H,4-10H2,1-3H3. The maximum absolute atomic E-state index is 3.65. The normalized spacial score (nSPS) is 40.7. The van der Waals surface area contributed by atoms with Crippen LogP contribution in [0.25, 0.3) is 0 Å². The number of likely N-dealkylation sites (tertiary alicyclic amines) is 1. The first-order valence-electron chi connectivity index (χ1n) is 7.20. The van der Waals surface area contributed by atoms with Crippen LogP contribution < -0.4 is 5.32 Å². The minimum atomic E-state index is 0.750. The summed E-state index contributed by atoms with van der Waals surface area (Å²) in [6, 6.07) is 1.66. The third-order valence-corrected chi connectivity index (χ3v) is 4.50. The summed E-state index contributed by atoms with van der Waals surface area (Å²) < 4.78 is 0. The van der Waals surface area contributed by atoms with E-state index in [1.165, 1.54) is 38.8 Å². The Labute approximate surface area is 101 Å². The van der Waals surface area contributed by atoms with Gasteiger partial charge in [0.1, 0.15) is 0 Å². The van der Waals surface area contributed by atoms with Crippen molar-refractivity contribution in [3.05, 3.63) is 0 Å². The van der Waals surface area contributed by atoms with Crippen LogP contribution in [0.2, 0.25) is 0 Å². The lowest BCUT2D eigenvalue weighted by atomic mass is 9.79. The molecular formula is C14H28N2. The number of piperidine rings is 1.